The summed E-state index contributed by atoms with van der Waals surface area (Å²) in [5, 5.41) is 5.27. The molecule has 2 aliphatic carbocycles. The van der Waals surface area contributed by atoms with Gasteiger partial charge in [-0.1, -0.05) is 81.9 Å². The number of hydrogen-bond acceptors (Lipinski definition) is 4. The van der Waals surface area contributed by atoms with Crippen LogP contribution in [0, 0.1) is 5.92 Å². The van der Waals surface area contributed by atoms with Gasteiger partial charge in [-0.3, -0.25) is 0 Å². The molecule has 0 amide bonds. The number of benzene rings is 1. The molecule has 1 aromatic rings. The maximum atomic E-state index is 13.6. The molecule has 2 heterocycles. The van der Waals surface area contributed by atoms with Crippen LogP contribution in [0.1, 0.15) is 129 Å². The van der Waals surface area contributed by atoms with Gasteiger partial charge in [-0.05, 0) is 102 Å². The molecular formula is C38H61F3KN3OS. The fraction of sp³-hybridized carbons (Fsp3) is 0.737. The van der Waals surface area contributed by atoms with E-state index in [0.29, 0.717) is 12.0 Å². The Morgan fingerprint density at radius 1 is 0.957 bits per heavy atom. The summed E-state index contributed by atoms with van der Waals surface area (Å²) in [6.45, 7) is 16.1. The van der Waals surface area contributed by atoms with Crippen molar-refractivity contribution >= 4 is 18.3 Å². The van der Waals surface area contributed by atoms with Crippen molar-refractivity contribution in [1.82, 2.24) is 4.90 Å². The largest absolute Gasteiger partial charge is 1.00 e. The van der Waals surface area contributed by atoms with Gasteiger partial charge in [-0.15, -0.1) is 6.04 Å². The van der Waals surface area contributed by atoms with Crippen LogP contribution in [0.2, 0.25) is 0 Å². The number of anilines is 1. The minimum Gasteiger partial charge on any atom is -0.644 e. The second-order valence-electron chi connectivity index (χ2n) is 13.9. The minimum atomic E-state index is -4.32. The topological polar surface area (TPSA) is 29.8 Å². The van der Waals surface area contributed by atoms with E-state index in [4.69, 9.17) is 22.7 Å². The smallest absolute Gasteiger partial charge is 0.644 e. The molecule has 0 aromatic heterocycles. The van der Waals surface area contributed by atoms with E-state index in [2.05, 4.69) is 30.6 Å². The van der Waals surface area contributed by atoms with Gasteiger partial charge >= 0.3 is 57.6 Å². The Labute approximate surface area is 332 Å². The molecule has 9 heteroatoms. The van der Waals surface area contributed by atoms with Crippen molar-refractivity contribution in [2.75, 3.05) is 38.2 Å². The van der Waals surface area contributed by atoms with E-state index in [1.807, 2.05) is 32.9 Å². The number of hydrogen-bond donors (Lipinski definition) is 1. The molecule has 0 N–H and O–H groups in total. The summed E-state index contributed by atoms with van der Waals surface area (Å²) in [5.41, 5.74) is 2.60. The van der Waals surface area contributed by atoms with Gasteiger partial charge in [0.05, 0.1) is 18.4 Å². The molecule has 4 nitrogen and oxygen atoms in total. The van der Waals surface area contributed by atoms with Gasteiger partial charge in [0.1, 0.15) is 0 Å². The van der Waals surface area contributed by atoms with E-state index in [9.17, 15) is 13.2 Å². The molecule has 2 saturated carbocycles. The number of allylic oxidation sites excluding steroid dienone is 4. The van der Waals surface area contributed by atoms with Crippen LogP contribution in [0.5, 0.6) is 0 Å². The van der Waals surface area contributed by atoms with E-state index >= 15 is 0 Å². The van der Waals surface area contributed by atoms with Gasteiger partial charge in [0.25, 0.3) is 0 Å². The quantitative estimate of drug-likeness (QED) is 0.135. The maximum Gasteiger partial charge on any atom is 1.00 e. The molecule has 47 heavy (non-hydrogen) atoms. The summed E-state index contributed by atoms with van der Waals surface area (Å²) >= 11 is 5.08. The van der Waals surface area contributed by atoms with Crippen LogP contribution in [0.15, 0.2) is 41.7 Å². The van der Waals surface area contributed by atoms with Crippen molar-refractivity contribution in [2.45, 2.75) is 141 Å². The van der Waals surface area contributed by atoms with Gasteiger partial charge in [0.15, 0.2) is 0 Å². The van der Waals surface area contributed by atoms with Crippen molar-refractivity contribution in [3.63, 3.8) is 0 Å². The normalized spacial score (nSPS) is 26.0. The predicted octanol–water partition coefficient (Wildman–Crippen LogP) is 8.15. The molecule has 2 saturated heterocycles. The Morgan fingerprint density at radius 2 is 1.62 bits per heavy atom. The molecule has 0 spiro atoms. The Kier molecular flexibility index (Phi) is 19.1. The fourth-order valence-corrected chi connectivity index (χ4v) is 7.83. The summed E-state index contributed by atoms with van der Waals surface area (Å²) in [5.74, 6) is 1.79. The summed E-state index contributed by atoms with van der Waals surface area (Å²) < 4.78 is 45.6. The van der Waals surface area contributed by atoms with E-state index in [1.165, 1.54) is 49.8 Å². The second-order valence-corrected chi connectivity index (χ2v) is 14.8. The van der Waals surface area contributed by atoms with E-state index in [1.54, 1.807) is 13.2 Å². The van der Waals surface area contributed by atoms with Crippen LogP contribution in [0.25, 0.3) is 5.32 Å². The summed E-state index contributed by atoms with van der Waals surface area (Å²) in [7, 11) is 1.67. The number of rotatable bonds is 7. The zero-order valence-electron chi connectivity index (χ0n) is 30.6. The summed E-state index contributed by atoms with van der Waals surface area (Å²) in [6, 6.07) is 5.50. The predicted molar refractivity (Wildman–Crippen MR) is 192 cm³/mol. The average Bonchev–Trinajstić information content (AvgIpc) is 3.67. The number of nitrogens with zero attached hydrogens (tertiary/aromatic N) is 3. The molecule has 3 unspecified atom stereocenters. The molecule has 3 atom stereocenters. The first-order chi connectivity index (χ1) is 21.9. The molecule has 5 rings (SSSR count). The molecule has 262 valence electrons. The van der Waals surface area contributed by atoms with Gasteiger partial charge < -0.3 is 19.9 Å². The monoisotopic (exact) mass is 703 g/mol. The molecule has 4 fully saturated rings. The molecule has 0 bridgehead atoms. The van der Waals surface area contributed by atoms with E-state index in [0.717, 1.165) is 87.8 Å². The van der Waals surface area contributed by atoms with Crippen LogP contribution < -0.4 is 56.3 Å². The number of piperidine rings is 1. The Morgan fingerprint density at radius 3 is 2.21 bits per heavy atom. The van der Waals surface area contributed by atoms with Crippen LogP contribution >= 0.6 is 12.6 Å². The van der Waals surface area contributed by atoms with Gasteiger partial charge in [0, 0.05) is 24.8 Å². The maximum absolute atomic E-state index is 13.6. The first-order valence-corrected chi connectivity index (χ1v) is 18.3. The standard InChI is InChI=1S/C28H41F3N3S.C8H14O.C2H6.K/c1-20-10-14-33(15-11-20)26-17-22(28(29,30)31)7-8-25(26)21-9-13-27(35,18-21)32-23-12-16-34(19-23)24-5-3-2-4-6-24;1-7(2)5-6-8(3)9-4;1-2;/h7-8,17,20-21,23-24,35H,2-6,9-16,18-19H2,1H3;5-6H,1-4H3;1-2H3;/q-1;;;+1/b;8-6+;;. The zero-order valence-corrected chi connectivity index (χ0v) is 34.7. The van der Waals surface area contributed by atoms with Crippen LogP contribution in [-0.2, 0) is 10.9 Å². The number of thiol groups is 1. The average molecular weight is 704 g/mol. The van der Waals surface area contributed by atoms with Crippen molar-refractivity contribution in [1.29, 1.82) is 0 Å². The number of alkyl halides is 3. The van der Waals surface area contributed by atoms with Crippen molar-refractivity contribution in [2.24, 2.45) is 5.92 Å². The number of ether oxygens (including phenoxy) is 1. The first kappa shape index (κ1) is 43.2. The van der Waals surface area contributed by atoms with Gasteiger partial charge in [-0.2, -0.15) is 25.8 Å². The number of halogens is 3. The molecule has 0 radical (unpaired) electrons. The second kappa shape index (κ2) is 20.7. The Bertz CT molecular complexity index is 1130. The van der Waals surface area contributed by atoms with Crippen molar-refractivity contribution in [3.05, 3.63) is 58.1 Å². The molecule has 4 aliphatic rings. The SMILES string of the molecule is CC.CC1CCN(c2cc(C(F)(F)F)ccc2C2CCC(S)([N-]C3CCN(C4CCCCC4)C3)C2)CC1.CO/C(C)=C/C=C(C)C.[K+]. The third-order valence-electron chi connectivity index (χ3n) is 10.1. The minimum absolute atomic E-state index is 0. The van der Waals surface area contributed by atoms with E-state index in [-0.39, 0.29) is 62.2 Å². The first-order valence-electron chi connectivity index (χ1n) is 17.9. The summed E-state index contributed by atoms with van der Waals surface area (Å²) in [4.78, 5) is 4.48. The number of methoxy groups -OCH3 is 1. The van der Waals surface area contributed by atoms with Crippen molar-refractivity contribution < 1.29 is 69.3 Å². The molecular weight excluding hydrogens is 643 g/mol. The Balaban J connectivity index is 0.000000557. The zero-order chi connectivity index (χ0) is 33.9. The van der Waals surface area contributed by atoms with Crippen molar-refractivity contribution in [3.8, 4) is 0 Å². The molecule has 2 aliphatic heterocycles. The van der Waals surface area contributed by atoms with Crippen LogP contribution in [0.3, 0.4) is 0 Å². The number of likely N-dealkylation sites (tertiary alicyclic amines) is 1. The fourth-order valence-electron chi connectivity index (χ4n) is 7.32. The molecule has 1 aromatic carbocycles. The summed E-state index contributed by atoms with van der Waals surface area (Å²) in [6.07, 6.45) is 12.2. The van der Waals surface area contributed by atoms with Gasteiger partial charge in [-0.25, -0.2) is 0 Å². The van der Waals surface area contributed by atoms with Gasteiger partial charge in [0.2, 0.25) is 0 Å². The third-order valence-corrected chi connectivity index (χ3v) is 10.6. The van der Waals surface area contributed by atoms with E-state index < -0.39 is 11.7 Å². The van der Waals surface area contributed by atoms with Crippen LogP contribution in [-0.4, -0.2) is 55.1 Å². The third kappa shape index (κ3) is 13.6. The Hall–Kier alpha value is -0.00364. The van der Waals surface area contributed by atoms with Crippen LogP contribution in [0.4, 0.5) is 18.9 Å².